The highest BCUT2D eigenvalue weighted by molar-refractivity contribution is 5.77. The zero-order valence-electron chi connectivity index (χ0n) is 14.0. The van der Waals surface area contributed by atoms with Gasteiger partial charge in [0.2, 0.25) is 5.91 Å². The average Bonchev–Trinajstić information content (AvgIpc) is 2.58. The molecule has 0 atom stereocenters. The highest BCUT2D eigenvalue weighted by atomic mass is 16.6. The van der Waals surface area contributed by atoms with Crippen LogP contribution in [0.3, 0.4) is 0 Å². The number of amides is 1. The first-order valence-electron chi connectivity index (χ1n) is 7.94. The van der Waals surface area contributed by atoms with Gasteiger partial charge >= 0.3 is 0 Å². The van der Waals surface area contributed by atoms with Gasteiger partial charge in [-0.05, 0) is 0 Å². The molecule has 0 aliphatic carbocycles. The Bertz CT molecular complexity index is 323. The van der Waals surface area contributed by atoms with Gasteiger partial charge in [-0.3, -0.25) is 4.79 Å². The van der Waals surface area contributed by atoms with E-state index in [1.165, 1.54) is 0 Å². The molecule has 0 bridgehead atoms. The summed E-state index contributed by atoms with van der Waals surface area (Å²) in [5.41, 5.74) is 0. The molecule has 0 saturated heterocycles. The summed E-state index contributed by atoms with van der Waals surface area (Å²) in [6.45, 7) is 4.88. The highest BCUT2D eigenvalue weighted by Crippen LogP contribution is 1.84. The fourth-order valence-corrected chi connectivity index (χ4v) is 1.44. The van der Waals surface area contributed by atoms with Crippen LogP contribution in [-0.4, -0.2) is 90.2 Å². The third-order valence-corrected chi connectivity index (χ3v) is 2.53. The third kappa shape index (κ3) is 18.8. The van der Waals surface area contributed by atoms with Crippen LogP contribution in [0.4, 0.5) is 0 Å². The van der Waals surface area contributed by atoms with Gasteiger partial charge in [-0.25, -0.2) is 0 Å². The number of aliphatic hydroxyl groups is 1. The van der Waals surface area contributed by atoms with Crippen LogP contribution >= 0.6 is 0 Å². The number of carbonyl (C=O) groups is 1. The van der Waals surface area contributed by atoms with Crippen molar-refractivity contribution in [2.75, 3.05) is 79.2 Å². The normalized spacial score (nSPS) is 10.5. The van der Waals surface area contributed by atoms with Crippen LogP contribution in [0.15, 0.2) is 0 Å². The van der Waals surface area contributed by atoms with Gasteiger partial charge in [0.15, 0.2) is 0 Å². The number of nitriles is 1. The van der Waals surface area contributed by atoms with E-state index in [2.05, 4.69) is 5.32 Å². The minimum absolute atomic E-state index is 0.0209. The third-order valence-electron chi connectivity index (χ3n) is 2.53. The Labute approximate surface area is 142 Å². The topological polar surface area (TPSA) is 119 Å². The van der Waals surface area contributed by atoms with E-state index in [0.29, 0.717) is 72.6 Å². The van der Waals surface area contributed by atoms with Gasteiger partial charge in [0.05, 0.1) is 78.7 Å². The standard InChI is InChI=1S/C15H28N2O7/c16-2-1-15(19)17-3-5-20-7-9-22-11-13-24-14-12-23-10-8-21-6-4-18/h18H,1,3-14H2,(H,17,19). The molecule has 9 heteroatoms. The van der Waals surface area contributed by atoms with Crippen LogP contribution in [0.5, 0.6) is 0 Å². The van der Waals surface area contributed by atoms with Crippen LogP contribution in [0.1, 0.15) is 6.42 Å². The maximum absolute atomic E-state index is 11.0. The quantitative estimate of drug-likeness (QED) is 0.306. The minimum atomic E-state index is -0.295. The molecule has 0 aromatic carbocycles. The van der Waals surface area contributed by atoms with E-state index in [1.807, 2.05) is 0 Å². The number of hydrogen-bond acceptors (Lipinski definition) is 8. The summed E-state index contributed by atoms with van der Waals surface area (Å²) in [5, 5.41) is 19.3. The van der Waals surface area contributed by atoms with Crippen molar-refractivity contribution < 1.29 is 33.6 Å². The zero-order chi connectivity index (χ0) is 17.7. The Morgan fingerprint density at radius 1 is 0.792 bits per heavy atom. The first-order chi connectivity index (χ1) is 11.8. The predicted octanol–water partition coefficient (Wildman–Crippen LogP) is -0.908. The lowest BCUT2D eigenvalue weighted by Crippen LogP contribution is -2.27. The molecular weight excluding hydrogens is 320 g/mol. The molecule has 0 spiro atoms. The van der Waals surface area contributed by atoms with Gasteiger partial charge in [0, 0.05) is 6.54 Å². The van der Waals surface area contributed by atoms with Crippen LogP contribution < -0.4 is 5.32 Å². The highest BCUT2D eigenvalue weighted by Gasteiger charge is 1.98. The van der Waals surface area contributed by atoms with Crippen molar-refractivity contribution in [1.29, 1.82) is 5.26 Å². The van der Waals surface area contributed by atoms with Crippen molar-refractivity contribution in [2.45, 2.75) is 6.42 Å². The van der Waals surface area contributed by atoms with Crippen LogP contribution in [0.2, 0.25) is 0 Å². The van der Waals surface area contributed by atoms with E-state index >= 15 is 0 Å². The fraction of sp³-hybridized carbons (Fsp3) is 0.867. The van der Waals surface area contributed by atoms with E-state index in [-0.39, 0.29) is 18.9 Å². The lowest BCUT2D eigenvalue weighted by atomic mass is 10.4. The molecule has 140 valence electrons. The molecule has 0 rings (SSSR count). The molecule has 0 heterocycles. The van der Waals surface area contributed by atoms with Gasteiger partial charge in [0.1, 0.15) is 6.42 Å². The van der Waals surface area contributed by atoms with Crippen molar-refractivity contribution in [3.8, 4) is 6.07 Å². The Kier molecular flexibility index (Phi) is 18.7. The lowest BCUT2D eigenvalue weighted by molar-refractivity contribution is -0.120. The van der Waals surface area contributed by atoms with Gasteiger partial charge < -0.3 is 34.1 Å². The molecule has 24 heavy (non-hydrogen) atoms. The summed E-state index contributed by atoms with van der Waals surface area (Å²) >= 11 is 0. The Hall–Kier alpha value is -1.28. The predicted molar refractivity (Wildman–Crippen MR) is 84.4 cm³/mol. The Balaban J connectivity index is 3.03. The maximum atomic E-state index is 11.0. The Morgan fingerprint density at radius 2 is 1.21 bits per heavy atom. The Morgan fingerprint density at radius 3 is 1.62 bits per heavy atom. The summed E-state index contributed by atoms with van der Waals surface area (Å²) in [4.78, 5) is 11.0. The van der Waals surface area contributed by atoms with E-state index in [4.69, 9.17) is 34.1 Å². The molecule has 0 radical (unpaired) electrons. The average molecular weight is 348 g/mol. The van der Waals surface area contributed by atoms with Gasteiger partial charge in [-0.1, -0.05) is 0 Å². The van der Waals surface area contributed by atoms with E-state index in [1.54, 1.807) is 6.07 Å². The second kappa shape index (κ2) is 19.8. The number of carbonyl (C=O) groups excluding carboxylic acids is 1. The summed E-state index contributed by atoms with van der Waals surface area (Å²) in [6.07, 6.45) is -0.133. The van der Waals surface area contributed by atoms with E-state index in [0.717, 1.165) is 0 Å². The minimum Gasteiger partial charge on any atom is -0.394 e. The zero-order valence-corrected chi connectivity index (χ0v) is 14.0. The first-order valence-corrected chi connectivity index (χ1v) is 7.94. The van der Waals surface area contributed by atoms with Crippen molar-refractivity contribution >= 4 is 5.91 Å². The van der Waals surface area contributed by atoms with Crippen LogP contribution in [0.25, 0.3) is 0 Å². The van der Waals surface area contributed by atoms with Crippen molar-refractivity contribution in [1.82, 2.24) is 5.32 Å². The molecule has 1 amide bonds. The fourth-order valence-electron chi connectivity index (χ4n) is 1.44. The molecule has 0 aromatic rings. The monoisotopic (exact) mass is 348 g/mol. The van der Waals surface area contributed by atoms with Gasteiger partial charge in [-0.2, -0.15) is 5.26 Å². The number of ether oxygens (including phenoxy) is 5. The second-order valence-electron chi connectivity index (χ2n) is 4.47. The molecule has 0 unspecified atom stereocenters. The molecule has 2 N–H and O–H groups in total. The lowest BCUT2D eigenvalue weighted by Gasteiger charge is -2.08. The van der Waals surface area contributed by atoms with E-state index < -0.39 is 0 Å². The number of nitrogens with one attached hydrogen (secondary N) is 1. The smallest absolute Gasteiger partial charge is 0.234 e. The summed E-state index contributed by atoms with van der Waals surface area (Å²) < 4.78 is 26.2. The molecular formula is C15H28N2O7. The van der Waals surface area contributed by atoms with Crippen LogP contribution in [0, 0.1) is 11.3 Å². The van der Waals surface area contributed by atoms with Gasteiger partial charge in [-0.15, -0.1) is 0 Å². The maximum Gasteiger partial charge on any atom is 0.234 e. The number of rotatable bonds is 18. The molecule has 0 saturated carbocycles. The second-order valence-corrected chi connectivity index (χ2v) is 4.47. The number of hydrogen-bond donors (Lipinski definition) is 2. The number of nitrogens with zero attached hydrogens (tertiary/aromatic N) is 1. The van der Waals surface area contributed by atoms with Gasteiger partial charge in [0.25, 0.3) is 0 Å². The number of aliphatic hydroxyl groups excluding tert-OH is 1. The summed E-state index contributed by atoms with van der Waals surface area (Å²) in [6, 6.07) is 1.77. The molecule has 9 nitrogen and oxygen atoms in total. The van der Waals surface area contributed by atoms with E-state index in [9.17, 15) is 4.79 Å². The van der Waals surface area contributed by atoms with Crippen LogP contribution in [-0.2, 0) is 28.5 Å². The largest absolute Gasteiger partial charge is 0.394 e. The van der Waals surface area contributed by atoms with Crippen molar-refractivity contribution in [3.63, 3.8) is 0 Å². The SMILES string of the molecule is N#CCC(=O)NCCOCCOCCOCCOCCOCCO. The summed E-state index contributed by atoms with van der Waals surface area (Å²) in [7, 11) is 0. The molecule has 0 fully saturated rings. The van der Waals surface area contributed by atoms with Crippen molar-refractivity contribution in [3.05, 3.63) is 0 Å². The molecule has 0 aliphatic heterocycles. The molecule has 0 aromatic heterocycles. The van der Waals surface area contributed by atoms with Crippen molar-refractivity contribution in [2.24, 2.45) is 0 Å². The molecule has 0 aliphatic rings. The summed E-state index contributed by atoms with van der Waals surface area (Å²) in [5.74, 6) is -0.295. The first kappa shape index (κ1) is 22.7.